The quantitative estimate of drug-likeness (QED) is 0.155. The van der Waals surface area contributed by atoms with Crippen molar-refractivity contribution in [1.29, 1.82) is 10.5 Å². The molecular weight excluding hydrogens is 559 g/mol. The predicted octanol–water partition coefficient (Wildman–Crippen LogP) is 6.77. The molecule has 41 heavy (non-hydrogen) atoms. The maximum absolute atomic E-state index is 14.3. The van der Waals surface area contributed by atoms with E-state index in [0.717, 1.165) is 13.2 Å². The van der Waals surface area contributed by atoms with E-state index in [2.05, 4.69) is 5.10 Å². The fourth-order valence-electron chi connectivity index (χ4n) is 3.73. The molecule has 0 aliphatic rings. The van der Waals surface area contributed by atoms with Crippen LogP contribution in [0.25, 0.3) is 17.3 Å². The summed E-state index contributed by atoms with van der Waals surface area (Å²) in [5.41, 5.74) is 3.78. The van der Waals surface area contributed by atoms with Crippen molar-refractivity contribution in [3.05, 3.63) is 94.2 Å². The Kier molecular flexibility index (Phi) is 7.60. The summed E-state index contributed by atoms with van der Waals surface area (Å²) in [5.74, 6) is -12.8. The number of anilines is 1. The predicted molar refractivity (Wildman–Crippen MR) is 131 cm³/mol. The number of nitrogen functional groups attached to an aromatic ring is 1. The van der Waals surface area contributed by atoms with Crippen LogP contribution in [0.4, 0.5) is 36.6 Å². The highest BCUT2D eigenvalue weighted by molar-refractivity contribution is 5.91. The highest BCUT2D eigenvalue weighted by atomic mass is 19.4. The Balaban J connectivity index is 1.75. The first-order chi connectivity index (χ1) is 19.4. The van der Waals surface area contributed by atoms with Gasteiger partial charge < -0.3 is 15.2 Å². The van der Waals surface area contributed by atoms with Gasteiger partial charge >= 0.3 is 6.18 Å². The smallest absolute Gasteiger partial charge is 0.422 e. The molecule has 0 aliphatic heterocycles. The van der Waals surface area contributed by atoms with Crippen LogP contribution < -0.4 is 15.2 Å². The summed E-state index contributed by atoms with van der Waals surface area (Å²) >= 11 is 0. The van der Waals surface area contributed by atoms with Gasteiger partial charge in [0.25, 0.3) is 0 Å². The van der Waals surface area contributed by atoms with E-state index in [1.807, 2.05) is 12.1 Å². The molecule has 0 radical (unpaired) electrons. The molecule has 0 amide bonds. The van der Waals surface area contributed by atoms with E-state index >= 15 is 0 Å². The average molecular weight is 573 g/mol. The molecule has 4 rings (SSSR count). The molecule has 0 atom stereocenters. The Morgan fingerprint density at radius 1 is 0.951 bits per heavy atom. The zero-order chi connectivity index (χ0) is 30.1. The van der Waals surface area contributed by atoms with E-state index in [9.17, 15) is 41.3 Å². The molecule has 208 valence electrons. The van der Waals surface area contributed by atoms with Crippen LogP contribution in [0.1, 0.15) is 22.4 Å². The number of allylic oxidation sites excluding steroid dienone is 1. The number of methoxy groups -OCH3 is 1. The summed E-state index contributed by atoms with van der Waals surface area (Å²) < 4.78 is 107. The van der Waals surface area contributed by atoms with E-state index in [1.165, 1.54) is 22.9 Å². The van der Waals surface area contributed by atoms with Crippen molar-refractivity contribution in [2.45, 2.75) is 6.18 Å². The van der Waals surface area contributed by atoms with E-state index in [0.29, 0.717) is 5.69 Å². The second-order valence-electron chi connectivity index (χ2n) is 8.11. The van der Waals surface area contributed by atoms with Crippen LogP contribution in [0.2, 0.25) is 0 Å². The molecular formula is C27H14F7N5O2. The van der Waals surface area contributed by atoms with Crippen molar-refractivity contribution in [3.8, 4) is 35.1 Å². The van der Waals surface area contributed by atoms with Crippen LogP contribution in [0, 0.1) is 45.9 Å². The number of aromatic nitrogens is 2. The molecule has 0 saturated heterocycles. The van der Waals surface area contributed by atoms with Crippen LogP contribution in [-0.2, 0) is 6.18 Å². The van der Waals surface area contributed by atoms with Crippen molar-refractivity contribution in [2.75, 3.05) is 12.8 Å². The van der Waals surface area contributed by atoms with Crippen molar-refractivity contribution < 1.29 is 40.2 Å². The van der Waals surface area contributed by atoms with E-state index < -0.39 is 46.5 Å². The SMILES string of the molecule is COc1cc(C=C(C#N)c2nn(-c3ccccc3)c(N)c2C#N)ccc1Oc1c(F)c(F)c(C(F)(F)F)c(F)c1F. The molecule has 0 bridgehead atoms. The number of hydrogen-bond acceptors (Lipinski definition) is 6. The lowest BCUT2D eigenvalue weighted by Crippen LogP contribution is -2.15. The second kappa shape index (κ2) is 10.9. The Morgan fingerprint density at radius 3 is 2.12 bits per heavy atom. The van der Waals surface area contributed by atoms with Crippen LogP contribution in [0.15, 0.2) is 48.5 Å². The normalized spacial score (nSPS) is 11.6. The second-order valence-corrected chi connectivity index (χ2v) is 8.11. The third-order valence-electron chi connectivity index (χ3n) is 5.63. The first-order valence-corrected chi connectivity index (χ1v) is 11.2. The number of rotatable bonds is 6. The number of nitrogens with two attached hydrogens (primary N) is 1. The highest BCUT2D eigenvalue weighted by Gasteiger charge is 2.43. The summed E-state index contributed by atoms with van der Waals surface area (Å²) in [4.78, 5) is 0. The number of ether oxygens (including phenoxy) is 2. The van der Waals surface area contributed by atoms with Gasteiger partial charge in [0.05, 0.1) is 18.4 Å². The summed E-state index contributed by atoms with van der Waals surface area (Å²) in [6.07, 6.45) is -4.45. The molecule has 1 heterocycles. The lowest BCUT2D eigenvalue weighted by molar-refractivity contribution is -0.143. The Labute approximate surface area is 226 Å². The number of nitriles is 2. The minimum absolute atomic E-state index is 0.0313. The fraction of sp³-hybridized carbons (Fsp3) is 0.0741. The molecule has 14 heteroatoms. The molecule has 2 N–H and O–H groups in total. The molecule has 3 aromatic carbocycles. The van der Waals surface area contributed by atoms with E-state index in [1.54, 1.807) is 30.3 Å². The van der Waals surface area contributed by atoms with Gasteiger partial charge in [-0.1, -0.05) is 24.3 Å². The van der Waals surface area contributed by atoms with Gasteiger partial charge in [0, 0.05) is 0 Å². The standard InChI is InChI=1S/C27H14F7N5O2/c1-40-18-10-13(7-8-17(18)41-25-22(30)20(28)19(27(32,33)34)21(29)23(25)31)9-14(11-35)24-16(12-36)26(37)39(38-24)15-5-3-2-4-6-15/h2-10H,37H2,1H3. The highest BCUT2D eigenvalue weighted by Crippen LogP contribution is 2.42. The first-order valence-electron chi connectivity index (χ1n) is 11.2. The van der Waals surface area contributed by atoms with Crippen LogP contribution in [0.3, 0.4) is 0 Å². The monoisotopic (exact) mass is 573 g/mol. The minimum atomic E-state index is -5.72. The molecule has 1 aromatic heterocycles. The first kappa shape index (κ1) is 28.5. The molecule has 0 aliphatic carbocycles. The zero-order valence-electron chi connectivity index (χ0n) is 20.5. The van der Waals surface area contributed by atoms with Gasteiger partial charge in [-0.25, -0.2) is 13.5 Å². The lowest BCUT2D eigenvalue weighted by Gasteiger charge is -2.16. The molecule has 0 spiro atoms. The Bertz CT molecular complexity index is 1740. The van der Waals surface area contributed by atoms with Crippen LogP contribution >= 0.6 is 0 Å². The third-order valence-corrected chi connectivity index (χ3v) is 5.63. The van der Waals surface area contributed by atoms with Gasteiger partial charge in [0.15, 0.2) is 23.1 Å². The number of para-hydroxylation sites is 1. The van der Waals surface area contributed by atoms with Crippen molar-refractivity contribution >= 4 is 17.5 Å². The Hall–Kier alpha value is -5.50. The number of halogens is 7. The van der Waals surface area contributed by atoms with Crippen molar-refractivity contribution in [2.24, 2.45) is 0 Å². The van der Waals surface area contributed by atoms with Gasteiger partial charge in [-0.15, -0.1) is 0 Å². The van der Waals surface area contributed by atoms with Crippen LogP contribution in [-0.4, -0.2) is 16.9 Å². The minimum Gasteiger partial charge on any atom is -0.493 e. The van der Waals surface area contributed by atoms with Crippen molar-refractivity contribution in [1.82, 2.24) is 9.78 Å². The molecule has 0 saturated carbocycles. The Morgan fingerprint density at radius 2 is 1.59 bits per heavy atom. The van der Waals surface area contributed by atoms with E-state index in [-0.39, 0.29) is 34.0 Å². The molecule has 4 aromatic rings. The fourth-order valence-corrected chi connectivity index (χ4v) is 3.73. The largest absolute Gasteiger partial charge is 0.493 e. The van der Waals surface area contributed by atoms with Gasteiger partial charge in [-0.2, -0.15) is 37.6 Å². The molecule has 0 unspecified atom stereocenters. The number of alkyl halides is 3. The van der Waals surface area contributed by atoms with Crippen molar-refractivity contribution in [3.63, 3.8) is 0 Å². The summed E-state index contributed by atoms with van der Waals surface area (Å²) in [5, 5.41) is 23.7. The number of benzene rings is 3. The summed E-state index contributed by atoms with van der Waals surface area (Å²) in [7, 11) is 1.09. The van der Waals surface area contributed by atoms with Gasteiger partial charge in [-0.3, -0.25) is 0 Å². The average Bonchev–Trinajstić information content (AvgIpc) is 3.28. The van der Waals surface area contributed by atoms with Gasteiger partial charge in [0.2, 0.25) is 17.4 Å². The zero-order valence-corrected chi connectivity index (χ0v) is 20.5. The lowest BCUT2D eigenvalue weighted by atomic mass is 10.1. The topological polar surface area (TPSA) is 110 Å². The molecule has 0 fully saturated rings. The van der Waals surface area contributed by atoms with E-state index in [4.69, 9.17) is 15.2 Å². The van der Waals surface area contributed by atoms with Gasteiger partial charge in [0.1, 0.15) is 34.8 Å². The molecule has 7 nitrogen and oxygen atoms in total. The number of hydrogen-bond donors (Lipinski definition) is 1. The van der Waals surface area contributed by atoms with Crippen LogP contribution in [0.5, 0.6) is 17.2 Å². The maximum Gasteiger partial charge on any atom is 0.422 e. The maximum atomic E-state index is 14.3. The van der Waals surface area contributed by atoms with Gasteiger partial charge in [-0.05, 0) is 35.9 Å². The summed E-state index contributed by atoms with van der Waals surface area (Å²) in [6, 6.07) is 15.8. The third kappa shape index (κ3) is 5.23. The number of nitrogens with zero attached hydrogens (tertiary/aromatic N) is 4. The summed E-state index contributed by atoms with van der Waals surface area (Å²) in [6.45, 7) is 0.